The Balaban J connectivity index is 3.19. The van der Waals surface area contributed by atoms with Crippen molar-refractivity contribution in [2.75, 3.05) is 13.1 Å². The molecule has 2 atom stereocenters. The van der Waals surface area contributed by atoms with E-state index < -0.39 is 17.7 Å². The molecule has 0 aromatic heterocycles. The van der Waals surface area contributed by atoms with Gasteiger partial charge in [0, 0.05) is 30.7 Å². The van der Waals surface area contributed by atoms with Gasteiger partial charge in [0.2, 0.25) is 0 Å². The number of amides is 1. The normalized spacial score (nSPS) is 23.8. The Morgan fingerprint density at radius 1 is 1.39 bits per heavy atom. The molecule has 1 aliphatic heterocycles. The summed E-state index contributed by atoms with van der Waals surface area (Å²) in [5.41, 5.74) is -1.14. The Bertz CT molecular complexity index is 495. The van der Waals surface area contributed by atoms with Crippen LogP contribution in [0, 0.1) is 0 Å². The van der Waals surface area contributed by atoms with Crippen molar-refractivity contribution in [1.82, 2.24) is 10.2 Å². The molecule has 1 N–H and O–H groups in total. The first-order valence-corrected chi connectivity index (χ1v) is 7.82. The largest absolute Gasteiger partial charge is 0.416 e. The van der Waals surface area contributed by atoms with Gasteiger partial charge in [0.05, 0.1) is 5.57 Å². The molecule has 1 amide bonds. The maximum atomic E-state index is 13.3. The number of hydrogen-bond donors (Lipinski definition) is 1. The van der Waals surface area contributed by atoms with Crippen molar-refractivity contribution in [1.29, 1.82) is 0 Å². The molecule has 0 aliphatic carbocycles. The van der Waals surface area contributed by atoms with E-state index in [4.69, 9.17) is 0 Å². The van der Waals surface area contributed by atoms with Crippen molar-refractivity contribution in [2.45, 2.75) is 51.9 Å². The van der Waals surface area contributed by atoms with Crippen molar-refractivity contribution in [2.24, 2.45) is 0 Å². The number of hydrogen-bond acceptors (Lipinski definition) is 2. The SMILES string of the molecule is C=CC/C=C\C(=C(/C)C(=O)N1C(C)CNCC1CC)C(F)(F)F. The van der Waals surface area contributed by atoms with Crippen molar-refractivity contribution >= 4 is 5.91 Å². The lowest BCUT2D eigenvalue weighted by Gasteiger charge is -2.41. The van der Waals surface area contributed by atoms with Gasteiger partial charge in [0.15, 0.2) is 0 Å². The summed E-state index contributed by atoms with van der Waals surface area (Å²) in [4.78, 5) is 14.3. The number of allylic oxidation sites excluding steroid dienone is 4. The van der Waals surface area contributed by atoms with E-state index in [1.165, 1.54) is 19.1 Å². The minimum atomic E-state index is -4.56. The molecule has 1 heterocycles. The van der Waals surface area contributed by atoms with Crippen LogP contribution in [0.25, 0.3) is 0 Å². The van der Waals surface area contributed by atoms with Gasteiger partial charge >= 0.3 is 6.18 Å². The average molecular weight is 330 g/mol. The average Bonchev–Trinajstić information content (AvgIpc) is 2.48. The molecule has 0 saturated carbocycles. The van der Waals surface area contributed by atoms with Crippen molar-refractivity contribution < 1.29 is 18.0 Å². The molecule has 0 aromatic rings. The summed E-state index contributed by atoms with van der Waals surface area (Å²) in [6.45, 7) is 9.70. The van der Waals surface area contributed by atoms with Gasteiger partial charge in [0.25, 0.3) is 5.91 Å². The Hall–Kier alpha value is -1.56. The van der Waals surface area contributed by atoms with Crippen LogP contribution >= 0.6 is 0 Å². The van der Waals surface area contributed by atoms with E-state index in [-0.39, 0.29) is 17.7 Å². The van der Waals surface area contributed by atoms with E-state index in [9.17, 15) is 18.0 Å². The van der Waals surface area contributed by atoms with E-state index in [2.05, 4.69) is 11.9 Å². The summed E-state index contributed by atoms with van der Waals surface area (Å²) < 4.78 is 39.9. The van der Waals surface area contributed by atoms with Crippen molar-refractivity contribution in [3.8, 4) is 0 Å². The van der Waals surface area contributed by atoms with Gasteiger partial charge in [-0.05, 0) is 26.7 Å². The van der Waals surface area contributed by atoms with Gasteiger partial charge < -0.3 is 10.2 Å². The van der Waals surface area contributed by atoms with E-state index in [0.29, 0.717) is 25.9 Å². The Morgan fingerprint density at radius 3 is 2.57 bits per heavy atom. The van der Waals surface area contributed by atoms with Gasteiger partial charge in [-0.3, -0.25) is 4.79 Å². The Kier molecular flexibility index (Phi) is 7.06. The molecule has 0 radical (unpaired) electrons. The summed E-state index contributed by atoms with van der Waals surface area (Å²) in [7, 11) is 0. The number of nitrogens with one attached hydrogen (secondary N) is 1. The Labute approximate surface area is 135 Å². The molecule has 3 nitrogen and oxygen atoms in total. The number of piperazine rings is 1. The number of nitrogens with zero attached hydrogens (tertiary/aromatic N) is 1. The summed E-state index contributed by atoms with van der Waals surface area (Å²) in [5.74, 6) is -0.540. The lowest BCUT2D eigenvalue weighted by Crippen LogP contribution is -2.58. The summed E-state index contributed by atoms with van der Waals surface area (Å²) >= 11 is 0. The standard InChI is InChI=1S/C17H25F3N2O/c1-5-7-8-9-15(17(18,19)20)13(4)16(23)22-12(3)10-21-11-14(22)6-2/h5,8-9,12,14,21H,1,6-7,10-11H2,2-4H3/b9-8-,15-13-. The van der Waals surface area contributed by atoms with E-state index in [1.54, 1.807) is 4.90 Å². The highest BCUT2D eigenvalue weighted by Crippen LogP contribution is 2.31. The summed E-state index contributed by atoms with van der Waals surface area (Å²) in [5, 5.41) is 3.20. The predicted molar refractivity (Wildman–Crippen MR) is 86.0 cm³/mol. The van der Waals surface area contributed by atoms with Crippen LogP contribution in [-0.2, 0) is 4.79 Å². The van der Waals surface area contributed by atoms with E-state index in [1.807, 2.05) is 13.8 Å². The minimum Gasteiger partial charge on any atom is -0.331 e. The fourth-order valence-electron chi connectivity index (χ4n) is 2.75. The van der Waals surface area contributed by atoms with Gasteiger partial charge in [-0.1, -0.05) is 25.2 Å². The summed E-state index contributed by atoms with van der Waals surface area (Å²) in [6, 6.07) is -0.226. The topological polar surface area (TPSA) is 32.3 Å². The van der Waals surface area contributed by atoms with Crippen LogP contribution in [0.3, 0.4) is 0 Å². The molecule has 1 fully saturated rings. The first-order chi connectivity index (χ1) is 10.7. The monoisotopic (exact) mass is 330 g/mol. The molecule has 1 saturated heterocycles. The zero-order chi connectivity index (χ0) is 17.6. The molecule has 1 aliphatic rings. The molecule has 0 aromatic carbocycles. The highest BCUT2D eigenvalue weighted by atomic mass is 19.4. The van der Waals surface area contributed by atoms with Crippen LogP contribution in [0.2, 0.25) is 0 Å². The number of carbonyl (C=O) groups excluding carboxylic acids is 1. The minimum absolute atomic E-state index is 0.0900. The molecule has 1 rings (SSSR count). The van der Waals surface area contributed by atoms with Crippen molar-refractivity contribution in [3.05, 3.63) is 36.0 Å². The maximum absolute atomic E-state index is 13.3. The van der Waals surface area contributed by atoms with Gasteiger partial charge in [-0.25, -0.2) is 0 Å². The van der Waals surface area contributed by atoms with Crippen LogP contribution in [0.15, 0.2) is 36.0 Å². The van der Waals surface area contributed by atoms with Gasteiger partial charge in [0.1, 0.15) is 0 Å². The molecule has 130 valence electrons. The van der Waals surface area contributed by atoms with Crippen molar-refractivity contribution in [3.63, 3.8) is 0 Å². The first-order valence-electron chi connectivity index (χ1n) is 7.82. The third-order valence-electron chi connectivity index (χ3n) is 4.01. The van der Waals surface area contributed by atoms with Crippen LogP contribution in [-0.4, -0.2) is 42.2 Å². The third-order valence-corrected chi connectivity index (χ3v) is 4.01. The van der Waals surface area contributed by atoms with Crippen LogP contribution in [0.1, 0.15) is 33.6 Å². The second-order valence-electron chi connectivity index (χ2n) is 5.74. The number of carbonyl (C=O) groups is 1. The third kappa shape index (κ3) is 4.96. The Morgan fingerprint density at radius 2 is 2.04 bits per heavy atom. The molecule has 2 unspecified atom stereocenters. The zero-order valence-electron chi connectivity index (χ0n) is 13.9. The molecule has 6 heteroatoms. The quantitative estimate of drug-likeness (QED) is 0.475. The maximum Gasteiger partial charge on any atom is 0.416 e. The number of halogens is 3. The molecule has 23 heavy (non-hydrogen) atoms. The lowest BCUT2D eigenvalue weighted by atomic mass is 10.0. The highest BCUT2D eigenvalue weighted by molar-refractivity contribution is 5.95. The summed E-state index contributed by atoms with van der Waals surface area (Å²) in [6.07, 6.45) is 0.310. The van der Waals surface area contributed by atoms with Crippen LogP contribution in [0.4, 0.5) is 13.2 Å². The van der Waals surface area contributed by atoms with Crippen LogP contribution in [0.5, 0.6) is 0 Å². The van der Waals surface area contributed by atoms with Gasteiger partial charge in [-0.15, -0.1) is 6.58 Å². The molecular weight excluding hydrogens is 305 g/mol. The fraction of sp³-hybridized carbons (Fsp3) is 0.588. The highest BCUT2D eigenvalue weighted by Gasteiger charge is 2.38. The van der Waals surface area contributed by atoms with E-state index >= 15 is 0 Å². The molecular formula is C17H25F3N2O. The zero-order valence-corrected chi connectivity index (χ0v) is 13.9. The fourth-order valence-corrected chi connectivity index (χ4v) is 2.75. The van der Waals surface area contributed by atoms with E-state index in [0.717, 1.165) is 6.08 Å². The molecule has 0 bridgehead atoms. The molecule has 0 spiro atoms. The predicted octanol–water partition coefficient (Wildman–Crippen LogP) is 3.60. The lowest BCUT2D eigenvalue weighted by molar-refractivity contribution is -0.134. The second-order valence-corrected chi connectivity index (χ2v) is 5.74. The number of rotatable bonds is 5. The number of alkyl halides is 3. The van der Waals surface area contributed by atoms with Gasteiger partial charge in [-0.2, -0.15) is 13.2 Å². The smallest absolute Gasteiger partial charge is 0.331 e. The van der Waals surface area contributed by atoms with Crippen LogP contribution < -0.4 is 5.32 Å². The first kappa shape index (κ1) is 19.5. The second kappa shape index (κ2) is 8.34.